The number of fused-ring (bicyclic) bond motifs is 2. The number of hydrogen-bond donors (Lipinski definition) is 4. The summed E-state index contributed by atoms with van der Waals surface area (Å²) in [5.74, 6) is -1.72. The zero-order valence-electron chi connectivity index (χ0n) is 16.1. The minimum Gasteiger partial charge on any atom is -0.507 e. The third-order valence-electron chi connectivity index (χ3n) is 4.48. The topological polar surface area (TPSA) is 141 Å². The Labute approximate surface area is 177 Å². The molecule has 1 fully saturated rings. The van der Waals surface area contributed by atoms with Gasteiger partial charge in [0, 0.05) is 18.9 Å². The van der Waals surface area contributed by atoms with Crippen LogP contribution in [0.2, 0.25) is 5.02 Å². The maximum atomic E-state index is 12.8. The maximum absolute atomic E-state index is 12.8. The molecule has 1 saturated heterocycles. The first-order valence-electron chi connectivity index (χ1n) is 9.25. The van der Waals surface area contributed by atoms with E-state index >= 15 is 0 Å². The fourth-order valence-electron chi connectivity index (χ4n) is 3.04. The Hall–Kier alpha value is -2.59. The van der Waals surface area contributed by atoms with E-state index in [0.29, 0.717) is 6.42 Å². The number of hydrogen-bond acceptors (Lipinski definition) is 9. The second kappa shape index (κ2) is 9.48. The predicted molar refractivity (Wildman–Crippen MR) is 107 cm³/mol. The Bertz CT molecular complexity index is 895. The van der Waals surface area contributed by atoms with Crippen LogP contribution < -0.4 is 0 Å². The number of benzene rings is 1. The van der Waals surface area contributed by atoms with Gasteiger partial charge in [-0.1, -0.05) is 35.0 Å². The molecular weight excluding hydrogens is 418 g/mol. The van der Waals surface area contributed by atoms with Crippen molar-refractivity contribution < 1.29 is 39.5 Å². The van der Waals surface area contributed by atoms with Gasteiger partial charge >= 0.3 is 5.97 Å². The third kappa shape index (κ3) is 5.51. The number of carbonyl (C=O) groups is 1. The molecule has 0 radical (unpaired) electrons. The van der Waals surface area contributed by atoms with Crippen molar-refractivity contribution in [1.29, 1.82) is 0 Å². The quantitative estimate of drug-likeness (QED) is 0.242. The number of esters is 1. The number of oxime groups is 1. The Morgan fingerprint density at radius 3 is 2.80 bits per heavy atom. The van der Waals surface area contributed by atoms with Gasteiger partial charge in [-0.25, -0.2) is 4.79 Å². The van der Waals surface area contributed by atoms with Crippen LogP contribution in [0.1, 0.15) is 29.3 Å². The molecule has 9 nitrogen and oxygen atoms in total. The van der Waals surface area contributed by atoms with Gasteiger partial charge in [0.15, 0.2) is 12.9 Å². The summed E-state index contributed by atoms with van der Waals surface area (Å²) in [6.45, 7) is 1.24. The number of phenols is 2. The zero-order valence-corrected chi connectivity index (χ0v) is 16.8. The monoisotopic (exact) mass is 439 g/mol. The van der Waals surface area contributed by atoms with E-state index in [-0.39, 0.29) is 40.5 Å². The molecule has 0 spiro atoms. The highest BCUT2D eigenvalue weighted by Gasteiger charge is 2.38. The van der Waals surface area contributed by atoms with Crippen LogP contribution in [0.25, 0.3) is 0 Å². The van der Waals surface area contributed by atoms with Crippen molar-refractivity contribution in [3.05, 3.63) is 46.5 Å². The first kappa shape index (κ1) is 22.1. The van der Waals surface area contributed by atoms with E-state index in [0.717, 1.165) is 6.07 Å². The van der Waals surface area contributed by atoms with Crippen molar-refractivity contribution in [2.24, 2.45) is 5.16 Å². The number of rotatable bonds is 3. The van der Waals surface area contributed by atoms with E-state index in [1.165, 1.54) is 0 Å². The summed E-state index contributed by atoms with van der Waals surface area (Å²) in [6, 6.07) is 0.963. The van der Waals surface area contributed by atoms with Gasteiger partial charge in [0.2, 0.25) is 0 Å². The number of cyclic esters (lactones) is 1. The summed E-state index contributed by atoms with van der Waals surface area (Å²) < 4.78 is 11.0. The number of aromatic hydroxyl groups is 2. The Kier molecular flexibility index (Phi) is 6.99. The molecule has 10 heteroatoms. The number of epoxide rings is 1. The molecule has 4 N–H and O–H groups in total. The highest BCUT2D eigenvalue weighted by molar-refractivity contribution is 6.33. The molecule has 2 aliphatic rings. The average Bonchev–Trinajstić information content (AvgIpc) is 3.38. The molecule has 0 aromatic heterocycles. The second-order valence-electron chi connectivity index (χ2n) is 6.95. The molecule has 2 aliphatic heterocycles. The lowest BCUT2D eigenvalue weighted by molar-refractivity contribution is -0.0940. The molecule has 0 amide bonds. The number of carbonyl (C=O) groups excluding carboxylic acids is 1. The number of nitrogens with zero attached hydrogens (tertiary/aromatic N) is 1. The number of aliphatic hydroxyl groups is 2. The second-order valence-corrected chi connectivity index (χ2v) is 7.33. The smallest absolute Gasteiger partial charge is 0.342 e. The molecule has 162 valence electrons. The first-order valence-corrected chi connectivity index (χ1v) is 9.63. The van der Waals surface area contributed by atoms with E-state index < -0.39 is 36.5 Å². The summed E-state index contributed by atoms with van der Waals surface area (Å²) in [6.07, 6.45) is 4.81. The van der Waals surface area contributed by atoms with Crippen molar-refractivity contribution in [1.82, 2.24) is 0 Å². The van der Waals surface area contributed by atoms with Crippen molar-refractivity contribution in [2.45, 2.75) is 44.4 Å². The van der Waals surface area contributed by atoms with E-state index in [2.05, 4.69) is 5.16 Å². The van der Waals surface area contributed by atoms with Gasteiger partial charge in [0.25, 0.3) is 0 Å². The lowest BCUT2D eigenvalue weighted by Gasteiger charge is -2.17. The van der Waals surface area contributed by atoms with Crippen LogP contribution in [-0.4, -0.2) is 63.3 Å². The predicted octanol–water partition coefficient (Wildman–Crippen LogP) is 1.81. The Balaban J connectivity index is 2.02. The lowest BCUT2D eigenvalue weighted by atomic mass is 9.99. The molecule has 0 bridgehead atoms. The zero-order chi connectivity index (χ0) is 21.8. The van der Waals surface area contributed by atoms with Gasteiger partial charge in [-0.15, -0.1) is 0 Å². The number of ether oxygens (including phenoxy) is 2. The third-order valence-corrected chi connectivity index (χ3v) is 4.91. The van der Waals surface area contributed by atoms with E-state index in [9.17, 15) is 15.0 Å². The van der Waals surface area contributed by atoms with Gasteiger partial charge in [-0.2, -0.15) is 0 Å². The Morgan fingerprint density at radius 1 is 1.30 bits per heavy atom. The minimum atomic E-state index is -1.72. The van der Waals surface area contributed by atoms with E-state index in [1.807, 2.05) is 6.08 Å². The molecule has 0 saturated carbocycles. The van der Waals surface area contributed by atoms with Crippen LogP contribution in [0.4, 0.5) is 0 Å². The van der Waals surface area contributed by atoms with Crippen LogP contribution in [0.15, 0.2) is 35.5 Å². The molecule has 1 aromatic rings. The number of phenolic OH excluding ortho intramolecular Hbond substituents is 2. The Morgan fingerprint density at radius 2 is 2.07 bits per heavy atom. The summed E-state index contributed by atoms with van der Waals surface area (Å²) in [5.41, 5.74) is 0.123. The molecule has 1 aromatic carbocycles. The van der Waals surface area contributed by atoms with Crippen LogP contribution in [0.3, 0.4) is 0 Å². The van der Waals surface area contributed by atoms with Crippen molar-refractivity contribution in [3.63, 3.8) is 0 Å². The lowest BCUT2D eigenvalue weighted by Crippen LogP contribution is -2.20. The highest BCUT2D eigenvalue weighted by atomic mass is 35.5. The maximum Gasteiger partial charge on any atom is 0.342 e. The van der Waals surface area contributed by atoms with Crippen LogP contribution in [0.5, 0.6) is 11.5 Å². The first-order chi connectivity index (χ1) is 14.3. The van der Waals surface area contributed by atoms with E-state index in [1.54, 1.807) is 25.2 Å². The number of halogens is 1. The van der Waals surface area contributed by atoms with Gasteiger partial charge in [-0.3, -0.25) is 0 Å². The molecular formula is C20H22ClNO8. The van der Waals surface area contributed by atoms with Crippen molar-refractivity contribution in [3.8, 4) is 11.5 Å². The fraction of sp³-hybridized carbons (Fsp3) is 0.400. The SMILES string of the molecule is CC1CC2OC2\C=C/C=C/C(=N\OCC(O)O)Cc2c(Cl)c(O)cc(O)c2C(=O)O1. The van der Waals surface area contributed by atoms with Crippen molar-refractivity contribution in [2.75, 3.05) is 6.61 Å². The molecule has 30 heavy (non-hydrogen) atoms. The van der Waals surface area contributed by atoms with E-state index in [4.69, 9.17) is 36.1 Å². The number of aliphatic hydroxyl groups excluding tert-OH is 1. The average molecular weight is 440 g/mol. The highest BCUT2D eigenvalue weighted by Crippen LogP contribution is 2.38. The van der Waals surface area contributed by atoms with Gasteiger partial charge in [0.05, 0.1) is 16.8 Å². The fourth-order valence-corrected chi connectivity index (χ4v) is 3.26. The molecule has 2 heterocycles. The largest absolute Gasteiger partial charge is 0.507 e. The molecule has 3 unspecified atom stereocenters. The molecule has 0 aliphatic carbocycles. The number of allylic oxidation sites excluding steroid dienone is 3. The van der Waals surface area contributed by atoms with Gasteiger partial charge in [0.1, 0.15) is 29.3 Å². The normalized spacial score (nSPS) is 27.6. The van der Waals surface area contributed by atoms with Crippen molar-refractivity contribution >= 4 is 23.3 Å². The minimum absolute atomic E-state index is 0.0839. The standard InChI is InChI=1S/C20H22ClNO8/c1-10-6-16-15(30-16)5-3-2-4-11(22-28-9-17(25)26)7-12-18(20(27)29-10)13(23)8-14(24)19(12)21/h2-5,8,10,15-17,23-26H,6-7,9H2,1H3/b4-2+,5-3-,22-11+. The molecule has 3 atom stereocenters. The van der Waals surface area contributed by atoms with Crippen LogP contribution in [0, 0.1) is 0 Å². The summed E-state index contributed by atoms with van der Waals surface area (Å²) in [7, 11) is 0. The van der Waals surface area contributed by atoms with Crippen LogP contribution >= 0.6 is 11.6 Å². The van der Waals surface area contributed by atoms with Gasteiger partial charge in [-0.05, 0) is 18.6 Å². The summed E-state index contributed by atoms with van der Waals surface area (Å²) >= 11 is 6.21. The summed E-state index contributed by atoms with van der Waals surface area (Å²) in [5, 5.41) is 41.9. The van der Waals surface area contributed by atoms with Gasteiger partial charge < -0.3 is 34.7 Å². The molecule has 3 rings (SSSR count). The van der Waals surface area contributed by atoms with Crippen LogP contribution in [-0.2, 0) is 20.7 Å². The summed E-state index contributed by atoms with van der Waals surface area (Å²) in [4.78, 5) is 17.7.